The number of carbonyl (C=O) groups excluding carboxylic acids is 2. The molecule has 27 heavy (non-hydrogen) atoms. The van der Waals surface area contributed by atoms with Crippen LogP contribution in [0.1, 0.15) is 15.9 Å². The van der Waals surface area contributed by atoms with Crippen LogP contribution in [-0.2, 0) is 4.79 Å². The lowest BCUT2D eigenvalue weighted by molar-refractivity contribution is -0.123. The lowest BCUT2D eigenvalue weighted by Gasteiger charge is -2.15. The molecule has 5 nitrogen and oxygen atoms in total. The Morgan fingerprint density at radius 3 is 2.63 bits per heavy atom. The minimum absolute atomic E-state index is 0.261. The molecule has 0 aromatic heterocycles. The highest BCUT2D eigenvalue weighted by atomic mass is 127. The van der Waals surface area contributed by atoms with Gasteiger partial charge in [-0.1, -0.05) is 29.4 Å². The molecule has 1 N–H and O–H groups in total. The maximum absolute atomic E-state index is 12.6. The van der Waals surface area contributed by atoms with Crippen molar-refractivity contribution in [3.63, 3.8) is 0 Å². The number of thiocarbonyl (C=S) groups is 1. The van der Waals surface area contributed by atoms with Crippen molar-refractivity contribution in [3.8, 4) is 5.75 Å². The SMILES string of the molecule is COc1ccc(/C=C2\SC(=S)N(NC(=O)c3ccc(Cl)cc3)C2=O)cc1I. The number of nitrogens with zero attached hydrogens (tertiary/aromatic N) is 1. The van der Waals surface area contributed by atoms with Crippen LogP contribution in [0.5, 0.6) is 5.75 Å². The van der Waals surface area contributed by atoms with E-state index in [1.807, 2.05) is 18.2 Å². The summed E-state index contributed by atoms with van der Waals surface area (Å²) >= 11 is 14.4. The number of methoxy groups -OCH3 is 1. The summed E-state index contributed by atoms with van der Waals surface area (Å²) in [4.78, 5) is 25.4. The van der Waals surface area contributed by atoms with Crippen molar-refractivity contribution in [2.75, 3.05) is 7.11 Å². The van der Waals surface area contributed by atoms with Crippen LogP contribution in [0.25, 0.3) is 6.08 Å². The van der Waals surface area contributed by atoms with Crippen LogP contribution in [0, 0.1) is 3.57 Å². The molecule has 138 valence electrons. The van der Waals surface area contributed by atoms with Crippen molar-refractivity contribution >= 4 is 80.4 Å². The molecule has 1 aliphatic heterocycles. The maximum atomic E-state index is 12.6. The molecule has 0 bridgehead atoms. The minimum atomic E-state index is -0.441. The largest absolute Gasteiger partial charge is 0.496 e. The van der Waals surface area contributed by atoms with Gasteiger partial charge in [0.05, 0.1) is 15.6 Å². The third-order valence-electron chi connectivity index (χ3n) is 3.59. The van der Waals surface area contributed by atoms with E-state index in [9.17, 15) is 9.59 Å². The minimum Gasteiger partial charge on any atom is -0.496 e. The van der Waals surface area contributed by atoms with Crippen LogP contribution in [-0.4, -0.2) is 28.3 Å². The van der Waals surface area contributed by atoms with Gasteiger partial charge in [0, 0.05) is 10.6 Å². The van der Waals surface area contributed by atoms with Gasteiger partial charge >= 0.3 is 0 Å². The molecule has 0 radical (unpaired) electrons. The van der Waals surface area contributed by atoms with Crippen molar-refractivity contribution in [3.05, 3.63) is 67.1 Å². The number of hydrogen-bond donors (Lipinski definition) is 1. The van der Waals surface area contributed by atoms with Gasteiger partial charge in [0.2, 0.25) is 0 Å². The van der Waals surface area contributed by atoms with Crippen molar-refractivity contribution < 1.29 is 14.3 Å². The summed E-state index contributed by atoms with van der Waals surface area (Å²) in [7, 11) is 1.60. The summed E-state index contributed by atoms with van der Waals surface area (Å²) in [6, 6.07) is 11.9. The van der Waals surface area contributed by atoms with E-state index in [0.717, 1.165) is 31.7 Å². The molecule has 2 aromatic carbocycles. The Balaban J connectivity index is 1.77. The first kappa shape index (κ1) is 20.1. The molecule has 1 fully saturated rings. The molecule has 0 aliphatic carbocycles. The summed E-state index contributed by atoms with van der Waals surface area (Å²) in [6.45, 7) is 0. The number of halogens is 2. The highest BCUT2D eigenvalue weighted by molar-refractivity contribution is 14.1. The van der Waals surface area contributed by atoms with Crippen LogP contribution in [0.4, 0.5) is 0 Å². The van der Waals surface area contributed by atoms with Gasteiger partial charge < -0.3 is 4.74 Å². The molecule has 9 heteroatoms. The highest BCUT2D eigenvalue weighted by Crippen LogP contribution is 2.32. The second-order valence-electron chi connectivity index (χ2n) is 5.36. The van der Waals surface area contributed by atoms with Crippen molar-refractivity contribution in [2.24, 2.45) is 0 Å². The van der Waals surface area contributed by atoms with Gasteiger partial charge in [0.25, 0.3) is 11.8 Å². The van der Waals surface area contributed by atoms with Crippen LogP contribution in [0.2, 0.25) is 5.02 Å². The predicted molar refractivity (Wildman–Crippen MR) is 120 cm³/mol. The predicted octanol–water partition coefficient (Wildman–Crippen LogP) is 4.50. The number of carbonyl (C=O) groups is 2. The Hall–Kier alpha value is -1.62. The van der Waals surface area contributed by atoms with Gasteiger partial charge in [-0.05, 0) is 82.8 Å². The molecule has 3 rings (SSSR count). The van der Waals surface area contributed by atoms with Crippen molar-refractivity contribution in [2.45, 2.75) is 0 Å². The summed E-state index contributed by atoms with van der Waals surface area (Å²) in [5.41, 5.74) is 3.75. The standard InChI is InChI=1S/C18H12ClIN2O3S2/c1-25-14-7-2-10(8-13(14)20)9-15-17(24)22(18(26)27-15)21-16(23)11-3-5-12(19)6-4-11/h2-9H,1H3,(H,21,23)/b15-9-. The Kier molecular flexibility index (Phi) is 6.40. The highest BCUT2D eigenvalue weighted by Gasteiger charge is 2.33. The van der Waals surface area contributed by atoms with Gasteiger partial charge in [-0.25, -0.2) is 0 Å². The number of hydrogen-bond acceptors (Lipinski definition) is 5. The number of amides is 2. The summed E-state index contributed by atoms with van der Waals surface area (Å²) in [5.74, 6) is -0.0584. The van der Waals surface area contributed by atoms with Crippen LogP contribution >= 0.6 is 58.2 Å². The van der Waals surface area contributed by atoms with Crippen LogP contribution in [0.15, 0.2) is 47.4 Å². The van der Waals surface area contributed by atoms with Crippen LogP contribution in [0.3, 0.4) is 0 Å². The topological polar surface area (TPSA) is 58.6 Å². The fourth-order valence-electron chi connectivity index (χ4n) is 2.26. The van der Waals surface area contributed by atoms with E-state index in [2.05, 4.69) is 28.0 Å². The first-order valence-electron chi connectivity index (χ1n) is 7.57. The lowest BCUT2D eigenvalue weighted by atomic mass is 10.2. The fourth-order valence-corrected chi connectivity index (χ4v) is 4.32. The third kappa shape index (κ3) is 4.63. The van der Waals surface area contributed by atoms with Gasteiger partial charge in [-0.3, -0.25) is 15.0 Å². The molecular weight excluding hydrogens is 519 g/mol. The first-order valence-corrected chi connectivity index (χ1v) is 10.2. The molecule has 0 saturated carbocycles. The molecule has 0 atom stereocenters. The molecule has 0 unspecified atom stereocenters. The second kappa shape index (κ2) is 8.59. The molecular formula is C18H12ClIN2O3S2. The third-order valence-corrected chi connectivity index (χ3v) is 5.98. The molecule has 0 spiro atoms. The van der Waals surface area contributed by atoms with Crippen molar-refractivity contribution in [1.29, 1.82) is 0 Å². The summed E-state index contributed by atoms with van der Waals surface area (Å²) < 4.78 is 6.42. The first-order chi connectivity index (χ1) is 12.9. The number of nitrogens with one attached hydrogen (secondary N) is 1. The average molecular weight is 531 g/mol. The van der Waals surface area contributed by atoms with E-state index >= 15 is 0 Å². The van der Waals surface area contributed by atoms with Gasteiger partial charge in [0.1, 0.15) is 5.75 Å². The molecule has 1 heterocycles. The zero-order valence-electron chi connectivity index (χ0n) is 13.9. The van der Waals surface area contributed by atoms with E-state index < -0.39 is 5.91 Å². The van der Waals surface area contributed by atoms with E-state index in [1.165, 1.54) is 0 Å². The van der Waals surface area contributed by atoms with Gasteiger partial charge in [0.15, 0.2) is 4.32 Å². The molecule has 1 saturated heterocycles. The number of ether oxygens (including phenoxy) is 1. The van der Waals surface area contributed by atoms with Crippen molar-refractivity contribution in [1.82, 2.24) is 10.4 Å². The smallest absolute Gasteiger partial charge is 0.285 e. The van der Waals surface area contributed by atoms with Gasteiger partial charge in [-0.2, -0.15) is 5.01 Å². The van der Waals surface area contributed by atoms with Gasteiger partial charge in [-0.15, -0.1) is 0 Å². The normalized spacial score (nSPS) is 15.4. The fraction of sp³-hybridized carbons (Fsp3) is 0.0556. The lowest BCUT2D eigenvalue weighted by Crippen LogP contribution is -2.44. The zero-order chi connectivity index (χ0) is 19.6. The zero-order valence-corrected chi connectivity index (χ0v) is 18.4. The Labute approximate surface area is 184 Å². The maximum Gasteiger partial charge on any atom is 0.285 e. The molecule has 2 amide bonds. The summed E-state index contributed by atoms with van der Waals surface area (Å²) in [5, 5.41) is 1.60. The molecule has 1 aliphatic rings. The second-order valence-corrected chi connectivity index (χ2v) is 8.63. The van der Waals surface area contributed by atoms with E-state index in [1.54, 1.807) is 37.5 Å². The monoisotopic (exact) mass is 530 g/mol. The Bertz CT molecular complexity index is 964. The van der Waals surface area contributed by atoms with E-state index in [4.69, 9.17) is 28.6 Å². The van der Waals surface area contributed by atoms with E-state index in [0.29, 0.717) is 15.5 Å². The number of thioether (sulfide) groups is 1. The summed E-state index contributed by atoms with van der Waals surface area (Å²) in [6.07, 6.45) is 1.73. The average Bonchev–Trinajstić information content (AvgIpc) is 2.90. The Morgan fingerprint density at radius 1 is 1.30 bits per heavy atom. The number of benzene rings is 2. The molecule has 2 aromatic rings. The Morgan fingerprint density at radius 2 is 2.00 bits per heavy atom. The van der Waals surface area contributed by atoms with Crippen LogP contribution < -0.4 is 10.2 Å². The quantitative estimate of drug-likeness (QED) is 0.358. The van der Waals surface area contributed by atoms with E-state index in [-0.39, 0.29) is 10.2 Å². The number of rotatable bonds is 4. The number of hydrazine groups is 1.